The highest BCUT2D eigenvalue weighted by atomic mass is 14.6. The summed E-state index contributed by atoms with van der Waals surface area (Å²) in [6.07, 6.45) is 9.35. The van der Waals surface area contributed by atoms with Crippen LogP contribution >= 0.6 is 0 Å². The van der Waals surface area contributed by atoms with Crippen molar-refractivity contribution in [3.63, 3.8) is 0 Å². The summed E-state index contributed by atoms with van der Waals surface area (Å²) in [6, 6.07) is 12.7. The van der Waals surface area contributed by atoms with Crippen LogP contribution in [0.2, 0.25) is 0 Å². The Hall–Kier alpha value is -1.83. The second-order valence-electron chi connectivity index (χ2n) is 7.24. The molecular weight excluding hydrogens is 292 g/mol. The average Bonchev–Trinajstić information content (AvgIpc) is 2.57. The molecule has 0 spiro atoms. The molecule has 2 heteroatoms. The van der Waals surface area contributed by atoms with Crippen molar-refractivity contribution in [2.45, 2.75) is 59.3 Å². The molecule has 1 heterocycles. The monoisotopic (exact) mass is 324 g/mol. The fourth-order valence-electron chi connectivity index (χ4n) is 3.47. The zero-order chi connectivity index (χ0) is 17.4. The topological polar surface area (TPSA) is 38.9 Å². The highest BCUT2D eigenvalue weighted by molar-refractivity contribution is 5.40. The maximum absolute atomic E-state index is 5.87. The Balaban J connectivity index is 1.76. The molecule has 2 atom stereocenters. The van der Waals surface area contributed by atoms with Gasteiger partial charge in [0.25, 0.3) is 0 Å². The zero-order valence-corrected chi connectivity index (χ0v) is 15.5. The lowest BCUT2D eigenvalue weighted by molar-refractivity contribution is 0.347. The van der Waals surface area contributed by atoms with E-state index in [1.165, 1.54) is 43.2 Å². The van der Waals surface area contributed by atoms with E-state index in [1.54, 1.807) is 0 Å². The number of nitrogens with two attached hydrogens (primary N) is 1. The van der Waals surface area contributed by atoms with E-state index in [-0.39, 0.29) is 0 Å². The molecule has 2 rings (SSSR count). The van der Waals surface area contributed by atoms with Gasteiger partial charge in [-0.1, -0.05) is 32.4 Å². The van der Waals surface area contributed by atoms with E-state index < -0.39 is 0 Å². The Morgan fingerprint density at radius 2 is 1.79 bits per heavy atom. The predicted molar refractivity (Wildman–Crippen MR) is 104 cm³/mol. The largest absolute Gasteiger partial charge is 0.399 e. The molecule has 0 aliphatic heterocycles. The molecule has 0 amide bonds. The maximum atomic E-state index is 5.87. The Labute approximate surface area is 147 Å². The number of anilines is 1. The van der Waals surface area contributed by atoms with Crippen LogP contribution in [0.25, 0.3) is 0 Å². The lowest BCUT2D eigenvalue weighted by Crippen LogP contribution is -2.08. The fraction of sp³-hybridized carbons (Fsp3) is 0.500. The van der Waals surface area contributed by atoms with Crippen molar-refractivity contribution in [3.05, 3.63) is 59.4 Å². The average molecular weight is 325 g/mol. The van der Waals surface area contributed by atoms with Crippen LogP contribution in [-0.4, -0.2) is 4.98 Å². The van der Waals surface area contributed by atoms with Crippen LogP contribution in [0.4, 0.5) is 5.69 Å². The maximum Gasteiger partial charge on any atom is 0.0375 e. The first-order valence-corrected chi connectivity index (χ1v) is 9.32. The third kappa shape index (κ3) is 6.35. The summed E-state index contributed by atoms with van der Waals surface area (Å²) in [5.74, 6) is 1.57. The molecule has 2 nitrogen and oxygen atoms in total. The molecule has 1 aromatic heterocycles. The molecule has 2 unspecified atom stereocenters. The molecular formula is C22H32N2. The Morgan fingerprint density at radius 1 is 1.04 bits per heavy atom. The summed E-state index contributed by atoms with van der Waals surface area (Å²) in [5.41, 5.74) is 10.7. The van der Waals surface area contributed by atoms with E-state index in [9.17, 15) is 0 Å². The van der Waals surface area contributed by atoms with Crippen molar-refractivity contribution in [2.75, 3.05) is 5.73 Å². The number of aromatic nitrogens is 1. The van der Waals surface area contributed by atoms with Gasteiger partial charge in [-0.15, -0.1) is 0 Å². The first-order valence-electron chi connectivity index (χ1n) is 9.32. The van der Waals surface area contributed by atoms with Crippen LogP contribution in [0.3, 0.4) is 0 Å². The van der Waals surface area contributed by atoms with Gasteiger partial charge in [-0.05, 0) is 86.3 Å². The fourth-order valence-corrected chi connectivity index (χ4v) is 3.47. The highest BCUT2D eigenvalue weighted by Gasteiger charge is 2.12. The van der Waals surface area contributed by atoms with Gasteiger partial charge in [0.15, 0.2) is 0 Å². The number of hydrogen-bond donors (Lipinski definition) is 1. The summed E-state index contributed by atoms with van der Waals surface area (Å²) in [5, 5.41) is 0. The van der Waals surface area contributed by atoms with Crippen LogP contribution in [-0.2, 0) is 12.8 Å². The van der Waals surface area contributed by atoms with Gasteiger partial charge < -0.3 is 5.73 Å². The number of aryl methyl sites for hydroxylation is 3. The normalized spacial score (nSPS) is 13.6. The number of benzene rings is 1. The molecule has 0 fully saturated rings. The molecule has 0 saturated carbocycles. The summed E-state index contributed by atoms with van der Waals surface area (Å²) in [7, 11) is 0. The quantitative estimate of drug-likeness (QED) is 0.611. The van der Waals surface area contributed by atoms with E-state index >= 15 is 0 Å². The SMILES string of the molecule is CCC(CCc1ccnc(C)c1)CC(C)CCc1cccc(N)c1. The number of pyridine rings is 1. The first kappa shape index (κ1) is 18.5. The van der Waals surface area contributed by atoms with Crippen LogP contribution in [0.5, 0.6) is 0 Å². The minimum absolute atomic E-state index is 0.760. The van der Waals surface area contributed by atoms with E-state index in [0.29, 0.717) is 0 Å². The van der Waals surface area contributed by atoms with Gasteiger partial charge in [-0.3, -0.25) is 4.98 Å². The molecule has 0 aliphatic rings. The number of nitrogen functional groups attached to an aromatic ring is 1. The second kappa shape index (κ2) is 9.46. The molecule has 2 aromatic rings. The van der Waals surface area contributed by atoms with Crippen molar-refractivity contribution in [3.8, 4) is 0 Å². The minimum atomic E-state index is 0.760. The third-order valence-corrected chi connectivity index (χ3v) is 4.99. The Kier molecular flexibility index (Phi) is 7.30. The van der Waals surface area contributed by atoms with Crippen molar-refractivity contribution in [2.24, 2.45) is 11.8 Å². The van der Waals surface area contributed by atoms with Gasteiger partial charge in [-0.2, -0.15) is 0 Å². The van der Waals surface area contributed by atoms with Crippen LogP contribution < -0.4 is 5.73 Å². The summed E-state index contributed by atoms with van der Waals surface area (Å²) >= 11 is 0. The second-order valence-corrected chi connectivity index (χ2v) is 7.24. The van der Waals surface area contributed by atoms with Gasteiger partial charge in [0.2, 0.25) is 0 Å². The van der Waals surface area contributed by atoms with Crippen LogP contribution in [0, 0.1) is 18.8 Å². The molecule has 0 radical (unpaired) electrons. The van der Waals surface area contributed by atoms with Crippen molar-refractivity contribution in [1.29, 1.82) is 0 Å². The van der Waals surface area contributed by atoms with Gasteiger partial charge in [-0.25, -0.2) is 0 Å². The van der Waals surface area contributed by atoms with Gasteiger partial charge in [0.1, 0.15) is 0 Å². The molecule has 0 saturated heterocycles. The number of rotatable bonds is 9. The number of nitrogens with zero attached hydrogens (tertiary/aromatic N) is 1. The third-order valence-electron chi connectivity index (χ3n) is 4.99. The molecule has 0 bridgehead atoms. The van der Waals surface area contributed by atoms with E-state index in [2.05, 4.69) is 56.1 Å². The predicted octanol–water partition coefficient (Wildman–Crippen LogP) is 5.59. The lowest BCUT2D eigenvalue weighted by Gasteiger charge is -2.20. The highest BCUT2D eigenvalue weighted by Crippen LogP contribution is 2.24. The molecule has 2 N–H and O–H groups in total. The van der Waals surface area contributed by atoms with Gasteiger partial charge in [0.05, 0.1) is 0 Å². The minimum Gasteiger partial charge on any atom is -0.399 e. The zero-order valence-electron chi connectivity index (χ0n) is 15.5. The number of hydrogen-bond acceptors (Lipinski definition) is 2. The van der Waals surface area contributed by atoms with Crippen LogP contribution in [0.15, 0.2) is 42.6 Å². The van der Waals surface area contributed by atoms with Crippen molar-refractivity contribution in [1.82, 2.24) is 4.98 Å². The van der Waals surface area contributed by atoms with Crippen molar-refractivity contribution >= 4 is 5.69 Å². The standard InChI is InChI=1S/C22H32N2/c1-4-19(10-11-21-12-13-24-18(3)15-21)14-17(2)8-9-20-6-5-7-22(23)16-20/h5-7,12-13,15-17,19H,4,8-11,14,23H2,1-3H3. The Bertz CT molecular complexity index is 621. The van der Waals surface area contributed by atoms with E-state index in [4.69, 9.17) is 5.73 Å². The Morgan fingerprint density at radius 3 is 2.50 bits per heavy atom. The first-order chi connectivity index (χ1) is 11.6. The molecule has 24 heavy (non-hydrogen) atoms. The van der Waals surface area contributed by atoms with E-state index in [0.717, 1.165) is 29.6 Å². The van der Waals surface area contributed by atoms with Gasteiger partial charge in [0, 0.05) is 17.6 Å². The van der Waals surface area contributed by atoms with Crippen LogP contribution in [0.1, 0.15) is 56.4 Å². The summed E-state index contributed by atoms with van der Waals surface area (Å²) < 4.78 is 0. The van der Waals surface area contributed by atoms with E-state index in [1.807, 2.05) is 12.3 Å². The lowest BCUT2D eigenvalue weighted by atomic mass is 9.86. The van der Waals surface area contributed by atoms with Crippen molar-refractivity contribution < 1.29 is 0 Å². The molecule has 0 aliphatic carbocycles. The van der Waals surface area contributed by atoms with Gasteiger partial charge >= 0.3 is 0 Å². The smallest absolute Gasteiger partial charge is 0.0375 e. The summed E-state index contributed by atoms with van der Waals surface area (Å²) in [6.45, 7) is 6.79. The molecule has 1 aromatic carbocycles. The summed E-state index contributed by atoms with van der Waals surface area (Å²) in [4.78, 5) is 4.29. The molecule has 130 valence electrons.